The van der Waals surface area contributed by atoms with E-state index in [1.807, 2.05) is 0 Å². The highest BCUT2D eigenvalue weighted by atomic mass is 19.1. The molecule has 2 aromatic carbocycles. The topological polar surface area (TPSA) is 72.9 Å². The van der Waals surface area contributed by atoms with E-state index in [4.69, 9.17) is 4.74 Å². The Balaban J connectivity index is 1.78. The Hall–Kier alpha value is -3.22. The third-order valence-corrected chi connectivity index (χ3v) is 4.14. The molecule has 0 aromatic heterocycles. The maximum absolute atomic E-state index is 12.9. The lowest BCUT2D eigenvalue weighted by Gasteiger charge is -2.19. The Morgan fingerprint density at radius 1 is 1.08 bits per heavy atom. The summed E-state index contributed by atoms with van der Waals surface area (Å²) in [7, 11) is 1.19. The Labute approximate surface area is 149 Å². The largest absolute Gasteiger partial charge is 0.489 e. The van der Waals surface area contributed by atoms with Crippen LogP contribution in [0.1, 0.15) is 33.2 Å². The van der Waals surface area contributed by atoms with Gasteiger partial charge in [-0.2, -0.15) is 0 Å². The molecule has 0 saturated carbocycles. The molecule has 1 heterocycles. The van der Waals surface area contributed by atoms with Crippen molar-refractivity contribution in [1.29, 1.82) is 0 Å². The van der Waals surface area contributed by atoms with E-state index in [0.717, 1.165) is 10.5 Å². The molecule has 2 aromatic rings. The predicted octanol–water partition coefficient (Wildman–Crippen LogP) is 2.56. The van der Waals surface area contributed by atoms with Crippen molar-refractivity contribution in [2.24, 2.45) is 0 Å². The van der Waals surface area contributed by atoms with Crippen molar-refractivity contribution in [3.63, 3.8) is 0 Å². The lowest BCUT2D eigenvalue weighted by Crippen LogP contribution is -2.43. The molecule has 1 atom stereocenters. The second-order valence-corrected chi connectivity index (χ2v) is 5.80. The predicted molar refractivity (Wildman–Crippen MR) is 89.2 cm³/mol. The molecule has 0 radical (unpaired) electrons. The van der Waals surface area contributed by atoms with Gasteiger partial charge in [-0.05, 0) is 42.8 Å². The number of fused-ring (bicyclic) bond motifs is 1. The lowest BCUT2D eigenvalue weighted by molar-refractivity contribution is -0.144. The summed E-state index contributed by atoms with van der Waals surface area (Å²) in [6.07, 6.45) is 0. The van der Waals surface area contributed by atoms with Crippen LogP contribution in [-0.4, -0.2) is 35.8 Å². The summed E-state index contributed by atoms with van der Waals surface area (Å²) >= 11 is 0. The van der Waals surface area contributed by atoms with E-state index in [1.165, 1.54) is 38.3 Å². The van der Waals surface area contributed by atoms with Crippen molar-refractivity contribution in [1.82, 2.24) is 4.90 Å². The molecule has 0 aliphatic carbocycles. The second-order valence-electron chi connectivity index (χ2n) is 5.80. The monoisotopic (exact) mass is 357 g/mol. The maximum Gasteiger partial charge on any atom is 0.328 e. The first-order valence-electron chi connectivity index (χ1n) is 7.89. The number of benzene rings is 2. The quantitative estimate of drug-likeness (QED) is 0.607. The normalized spacial score (nSPS) is 14.2. The summed E-state index contributed by atoms with van der Waals surface area (Å²) in [5, 5.41) is 0. The number of hydrogen-bond donors (Lipinski definition) is 0. The molecule has 0 fully saturated rings. The number of halogens is 1. The number of nitrogens with zero attached hydrogens (tertiary/aromatic N) is 1. The number of hydrogen-bond acceptors (Lipinski definition) is 5. The van der Waals surface area contributed by atoms with E-state index >= 15 is 0 Å². The Morgan fingerprint density at radius 2 is 1.73 bits per heavy atom. The van der Waals surface area contributed by atoms with Crippen LogP contribution in [0.2, 0.25) is 0 Å². The Kier molecular flexibility index (Phi) is 4.71. The van der Waals surface area contributed by atoms with Crippen molar-refractivity contribution in [2.45, 2.75) is 19.6 Å². The molecule has 1 aliphatic heterocycles. The summed E-state index contributed by atoms with van der Waals surface area (Å²) in [5.74, 6) is -1.74. The van der Waals surface area contributed by atoms with Gasteiger partial charge in [-0.1, -0.05) is 12.1 Å². The van der Waals surface area contributed by atoms with Gasteiger partial charge in [0.25, 0.3) is 11.8 Å². The van der Waals surface area contributed by atoms with Crippen LogP contribution in [0.4, 0.5) is 4.39 Å². The molecule has 0 N–H and O–H groups in total. The zero-order chi connectivity index (χ0) is 18.8. The second kappa shape index (κ2) is 6.95. The molecule has 26 heavy (non-hydrogen) atoms. The van der Waals surface area contributed by atoms with Crippen LogP contribution >= 0.6 is 0 Å². The van der Waals surface area contributed by atoms with E-state index in [1.54, 1.807) is 18.2 Å². The first-order chi connectivity index (χ1) is 12.4. The summed E-state index contributed by atoms with van der Waals surface area (Å²) < 4.78 is 23.1. The van der Waals surface area contributed by atoms with Gasteiger partial charge in [0.15, 0.2) is 0 Å². The van der Waals surface area contributed by atoms with Crippen LogP contribution in [-0.2, 0) is 16.1 Å². The van der Waals surface area contributed by atoms with E-state index in [0.29, 0.717) is 5.75 Å². The minimum Gasteiger partial charge on any atom is -0.489 e. The first-order valence-corrected chi connectivity index (χ1v) is 7.89. The van der Waals surface area contributed by atoms with Crippen molar-refractivity contribution >= 4 is 17.8 Å². The number of imide groups is 1. The van der Waals surface area contributed by atoms with Gasteiger partial charge in [0.1, 0.15) is 24.2 Å². The molecule has 2 amide bonds. The van der Waals surface area contributed by atoms with Gasteiger partial charge in [0, 0.05) is 0 Å². The molecule has 1 aliphatic rings. The van der Waals surface area contributed by atoms with Crippen molar-refractivity contribution in [3.8, 4) is 5.75 Å². The average molecular weight is 357 g/mol. The lowest BCUT2D eigenvalue weighted by atomic mass is 10.1. The smallest absolute Gasteiger partial charge is 0.328 e. The van der Waals surface area contributed by atoms with Crippen LogP contribution in [0.15, 0.2) is 42.5 Å². The van der Waals surface area contributed by atoms with Gasteiger partial charge in [-0.25, -0.2) is 9.18 Å². The number of rotatable bonds is 5. The molecular formula is C19H16FNO5. The highest BCUT2D eigenvalue weighted by Gasteiger charge is 2.41. The molecular weight excluding hydrogens is 341 g/mol. The van der Waals surface area contributed by atoms with Crippen LogP contribution in [0.3, 0.4) is 0 Å². The van der Waals surface area contributed by atoms with Crippen LogP contribution < -0.4 is 4.74 Å². The highest BCUT2D eigenvalue weighted by molar-refractivity contribution is 6.22. The fraction of sp³-hybridized carbons (Fsp3) is 0.211. The molecule has 6 nitrogen and oxygen atoms in total. The van der Waals surface area contributed by atoms with Gasteiger partial charge in [-0.3, -0.25) is 14.5 Å². The third kappa shape index (κ3) is 3.15. The van der Waals surface area contributed by atoms with Crippen molar-refractivity contribution < 1.29 is 28.2 Å². The molecule has 134 valence electrons. The Bertz CT molecular complexity index is 878. The van der Waals surface area contributed by atoms with E-state index in [-0.39, 0.29) is 23.6 Å². The summed E-state index contributed by atoms with van der Waals surface area (Å²) in [6.45, 7) is 1.61. The van der Waals surface area contributed by atoms with Crippen LogP contribution in [0.5, 0.6) is 5.75 Å². The SMILES string of the molecule is COC(=O)[C@H](C)N1C(=O)c2ccc(OCc3ccc(F)cc3)cc2C1=O. The van der Waals surface area contributed by atoms with Crippen LogP contribution in [0.25, 0.3) is 0 Å². The van der Waals surface area contributed by atoms with Gasteiger partial charge in [-0.15, -0.1) is 0 Å². The van der Waals surface area contributed by atoms with Gasteiger partial charge in [0.05, 0.1) is 18.2 Å². The van der Waals surface area contributed by atoms with E-state index in [2.05, 4.69) is 4.74 Å². The standard InChI is InChI=1S/C19H16FNO5/c1-11(19(24)25-2)21-17(22)15-8-7-14(9-16(15)18(21)23)26-10-12-3-5-13(20)6-4-12/h3-9,11H,10H2,1-2H3/t11-/m0/s1. The summed E-state index contributed by atoms with van der Waals surface area (Å²) in [5.41, 5.74) is 1.14. The minimum absolute atomic E-state index is 0.169. The van der Waals surface area contributed by atoms with Crippen molar-refractivity contribution in [3.05, 3.63) is 65.0 Å². The number of ether oxygens (including phenoxy) is 2. The molecule has 0 spiro atoms. The minimum atomic E-state index is -1.02. The fourth-order valence-electron chi connectivity index (χ4n) is 2.70. The zero-order valence-corrected chi connectivity index (χ0v) is 14.2. The molecule has 0 bridgehead atoms. The summed E-state index contributed by atoms with van der Waals surface area (Å²) in [6, 6.07) is 9.35. The molecule has 7 heteroatoms. The maximum atomic E-state index is 12.9. The van der Waals surface area contributed by atoms with Gasteiger partial charge in [0.2, 0.25) is 0 Å². The van der Waals surface area contributed by atoms with E-state index < -0.39 is 23.8 Å². The number of esters is 1. The van der Waals surface area contributed by atoms with Crippen LogP contribution in [0, 0.1) is 5.82 Å². The highest BCUT2D eigenvalue weighted by Crippen LogP contribution is 2.29. The fourth-order valence-corrected chi connectivity index (χ4v) is 2.70. The average Bonchev–Trinajstić information content (AvgIpc) is 2.90. The zero-order valence-electron chi connectivity index (χ0n) is 14.2. The van der Waals surface area contributed by atoms with Crippen molar-refractivity contribution in [2.75, 3.05) is 7.11 Å². The summed E-state index contributed by atoms with van der Waals surface area (Å²) in [4.78, 5) is 37.5. The molecule has 0 unspecified atom stereocenters. The Morgan fingerprint density at radius 3 is 2.38 bits per heavy atom. The number of carbonyl (C=O) groups is 3. The van der Waals surface area contributed by atoms with Gasteiger partial charge >= 0.3 is 5.97 Å². The number of amides is 2. The third-order valence-electron chi connectivity index (χ3n) is 4.14. The van der Waals surface area contributed by atoms with E-state index in [9.17, 15) is 18.8 Å². The number of carbonyl (C=O) groups excluding carboxylic acids is 3. The number of methoxy groups -OCH3 is 1. The first kappa shape index (κ1) is 17.6. The molecule has 0 saturated heterocycles. The molecule has 3 rings (SSSR count). The van der Waals surface area contributed by atoms with Gasteiger partial charge < -0.3 is 9.47 Å².